The van der Waals surface area contributed by atoms with Crippen LogP contribution in [0.5, 0.6) is 5.75 Å². The van der Waals surface area contributed by atoms with Gasteiger partial charge in [0.15, 0.2) is 6.61 Å². The number of anilines is 1. The lowest BCUT2D eigenvalue weighted by Crippen LogP contribution is -2.21. The van der Waals surface area contributed by atoms with Crippen molar-refractivity contribution in [3.8, 4) is 5.75 Å². The normalized spacial score (nSPS) is 10.3. The zero-order valence-corrected chi connectivity index (χ0v) is 14.4. The molecule has 5 nitrogen and oxygen atoms in total. The Morgan fingerprint density at radius 2 is 1.87 bits per heavy atom. The highest BCUT2D eigenvalue weighted by Gasteiger charge is 2.21. The second kappa shape index (κ2) is 7.28. The Labute approximate surface area is 139 Å². The van der Waals surface area contributed by atoms with Crippen molar-refractivity contribution >= 4 is 28.2 Å². The molecular formula is C17H19NO4S. The van der Waals surface area contributed by atoms with E-state index < -0.39 is 5.97 Å². The Hall–Kier alpha value is -2.34. The Balaban J connectivity index is 2.08. The predicted molar refractivity (Wildman–Crippen MR) is 90.4 cm³/mol. The first kappa shape index (κ1) is 17.0. The van der Waals surface area contributed by atoms with Gasteiger partial charge in [0.2, 0.25) is 0 Å². The lowest BCUT2D eigenvalue weighted by atomic mass is 10.1. The van der Waals surface area contributed by atoms with Crippen LogP contribution in [0.2, 0.25) is 0 Å². The molecule has 1 amide bonds. The highest BCUT2D eigenvalue weighted by atomic mass is 32.1. The summed E-state index contributed by atoms with van der Waals surface area (Å²) in [6.45, 7) is 5.51. The fourth-order valence-corrected chi connectivity index (χ4v) is 3.15. The standard InChI is InChI=1S/C17H19NO4S/c1-10-7-5-6-8-13(10)22-9-14(19)18-16-15(17(20)21-4)11(2)12(3)23-16/h5-8H,9H2,1-4H3,(H,18,19). The number of rotatable bonds is 5. The monoisotopic (exact) mass is 333 g/mol. The van der Waals surface area contributed by atoms with Crippen molar-refractivity contribution in [2.75, 3.05) is 19.0 Å². The van der Waals surface area contributed by atoms with Gasteiger partial charge in [-0.05, 0) is 38.0 Å². The van der Waals surface area contributed by atoms with Crippen molar-refractivity contribution in [1.29, 1.82) is 0 Å². The van der Waals surface area contributed by atoms with E-state index in [1.807, 2.05) is 45.0 Å². The van der Waals surface area contributed by atoms with Crippen LogP contribution in [0.15, 0.2) is 24.3 Å². The number of hydrogen-bond acceptors (Lipinski definition) is 5. The summed E-state index contributed by atoms with van der Waals surface area (Å²) in [6.07, 6.45) is 0. The average Bonchev–Trinajstić information content (AvgIpc) is 2.80. The molecule has 1 N–H and O–H groups in total. The van der Waals surface area contributed by atoms with Crippen LogP contribution in [0.3, 0.4) is 0 Å². The molecule has 1 aromatic heterocycles. The third kappa shape index (κ3) is 3.90. The molecule has 0 saturated carbocycles. The molecule has 0 aliphatic carbocycles. The number of benzene rings is 1. The fourth-order valence-electron chi connectivity index (χ4n) is 2.09. The number of esters is 1. The van der Waals surface area contributed by atoms with Crippen LogP contribution >= 0.6 is 11.3 Å². The average molecular weight is 333 g/mol. The summed E-state index contributed by atoms with van der Waals surface area (Å²) in [5, 5.41) is 3.22. The quantitative estimate of drug-likeness (QED) is 0.851. The lowest BCUT2D eigenvalue weighted by molar-refractivity contribution is -0.118. The van der Waals surface area contributed by atoms with Gasteiger partial charge >= 0.3 is 5.97 Å². The number of para-hydroxylation sites is 1. The van der Waals surface area contributed by atoms with Gasteiger partial charge in [-0.25, -0.2) is 4.79 Å². The van der Waals surface area contributed by atoms with Gasteiger partial charge in [-0.1, -0.05) is 18.2 Å². The molecule has 0 radical (unpaired) electrons. The molecule has 0 aliphatic heterocycles. The molecule has 0 bridgehead atoms. The molecule has 0 spiro atoms. The molecule has 2 rings (SSSR count). The van der Waals surface area contributed by atoms with Crippen LogP contribution in [0, 0.1) is 20.8 Å². The van der Waals surface area contributed by atoms with Crippen LogP contribution in [0.25, 0.3) is 0 Å². The summed E-state index contributed by atoms with van der Waals surface area (Å²) >= 11 is 1.35. The van der Waals surface area contributed by atoms with E-state index in [-0.39, 0.29) is 12.5 Å². The zero-order chi connectivity index (χ0) is 17.0. The second-order valence-electron chi connectivity index (χ2n) is 5.08. The van der Waals surface area contributed by atoms with Gasteiger partial charge in [-0.3, -0.25) is 4.79 Å². The van der Waals surface area contributed by atoms with E-state index in [1.54, 1.807) is 0 Å². The summed E-state index contributed by atoms with van der Waals surface area (Å²) in [5.41, 5.74) is 2.18. The summed E-state index contributed by atoms with van der Waals surface area (Å²) in [6, 6.07) is 7.47. The first-order valence-electron chi connectivity index (χ1n) is 7.10. The summed E-state index contributed by atoms with van der Waals surface area (Å²) in [7, 11) is 1.32. The van der Waals surface area contributed by atoms with Crippen LogP contribution in [-0.4, -0.2) is 25.6 Å². The highest BCUT2D eigenvalue weighted by molar-refractivity contribution is 7.16. The van der Waals surface area contributed by atoms with Crippen molar-refractivity contribution in [2.45, 2.75) is 20.8 Å². The van der Waals surface area contributed by atoms with Crippen LogP contribution in [0.1, 0.15) is 26.4 Å². The SMILES string of the molecule is COC(=O)c1c(NC(=O)COc2ccccc2C)sc(C)c1C. The molecule has 1 heterocycles. The van der Waals surface area contributed by atoms with Crippen LogP contribution in [0.4, 0.5) is 5.00 Å². The number of carbonyl (C=O) groups is 2. The Morgan fingerprint density at radius 1 is 1.17 bits per heavy atom. The summed E-state index contributed by atoms with van der Waals surface area (Å²) in [4.78, 5) is 24.9. The van der Waals surface area contributed by atoms with Crippen molar-refractivity contribution in [3.05, 3.63) is 45.8 Å². The maximum atomic E-state index is 12.1. The molecule has 0 unspecified atom stereocenters. The van der Waals surface area contributed by atoms with Crippen molar-refractivity contribution in [1.82, 2.24) is 0 Å². The largest absolute Gasteiger partial charge is 0.483 e. The van der Waals surface area contributed by atoms with Gasteiger partial charge in [0.25, 0.3) is 5.91 Å². The number of nitrogens with one attached hydrogen (secondary N) is 1. The maximum Gasteiger partial charge on any atom is 0.341 e. The van der Waals surface area contributed by atoms with E-state index in [9.17, 15) is 9.59 Å². The highest BCUT2D eigenvalue weighted by Crippen LogP contribution is 2.32. The van der Waals surface area contributed by atoms with E-state index in [1.165, 1.54) is 18.4 Å². The minimum atomic E-state index is -0.457. The fraction of sp³-hybridized carbons (Fsp3) is 0.294. The third-order valence-electron chi connectivity index (χ3n) is 3.48. The first-order chi connectivity index (χ1) is 10.9. The molecule has 0 fully saturated rings. The molecule has 6 heteroatoms. The molecule has 1 aromatic carbocycles. The Morgan fingerprint density at radius 3 is 2.52 bits per heavy atom. The smallest absolute Gasteiger partial charge is 0.341 e. The molecule has 2 aromatic rings. The maximum absolute atomic E-state index is 12.1. The summed E-state index contributed by atoms with van der Waals surface area (Å²) < 4.78 is 10.3. The third-order valence-corrected chi connectivity index (χ3v) is 4.60. The minimum Gasteiger partial charge on any atom is -0.483 e. The van der Waals surface area contributed by atoms with E-state index >= 15 is 0 Å². The van der Waals surface area contributed by atoms with E-state index in [0.29, 0.717) is 16.3 Å². The second-order valence-corrected chi connectivity index (χ2v) is 6.31. The van der Waals surface area contributed by atoms with Gasteiger partial charge < -0.3 is 14.8 Å². The van der Waals surface area contributed by atoms with E-state index in [4.69, 9.17) is 9.47 Å². The predicted octanol–water partition coefficient (Wildman–Crippen LogP) is 3.48. The number of aryl methyl sites for hydroxylation is 2. The molecule has 0 saturated heterocycles. The Kier molecular flexibility index (Phi) is 5.39. The minimum absolute atomic E-state index is 0.124. The number of thiophene rings is 1. The van der Waals surface area contributed by atoms with Gasteiger partial charge in [0.1, 0.15) is 10.8 Å². The number of hydrogen-bond donors (Lipinski definition) is 1. The van der Waals surface area contributed by atoms with Crippen LogP contribution < -0.4 is 10.1 Å². The molecule has 122 valence electrons. The molecule has 23 heavy (non-hydrogen) atoms. The van der Waals surface area contributed by atoms with Gasteiger partial charge in [-0.2, -0.15) is 0 Å². The molecule has 0 atom stereocenters. The van der Waals surface area contributed by atoms with Crippen LogP contribution in [-0.2, 0) is 9.53 Å². The number of ether oxygens (including phenoxy) is 2. The van der Waals surface area contributed by atoms with E-state index in [0.717, 1.165) is 16.0 Å². The Bertz CT molecular complexity index is 736. The molecular weight excluding hydrogens is 314 g/mol. The first-order valence-corrected chi connectivity index (χ1v) is 7.92. The summed E-state index contributed by atoms with van der Waals surface area (Å²) in [5.74, 6) is -0.115. The van der Waals surface area contributed by atoms with E-state index in [2.05, 4.69) is 5.32 Å². The van der Waals surface area contributed by atoms with Gasteiger partial charge in [0.05, 0.1) is 12.7 Å². The van der Waals surface area contributed by atoms with Crippen molar-refractivity contribution in [2.24, 2.45) is 0 Å². The van der Waals surface area contributed by atoms with Crippen molar-refractivity contribution < 1.29 is 19.1 Å². The zero-order valence-electron chi connectivity index (χ0n) is 13.6. The number of carbonyl (C=O) groups excluding carboxylic acids is 2. The topological polar surface area (TPSA) is 64.6 Å². The number of amides is 1. The van der Waals surface area contributed by atoms with Gasteiger partial charge in [0, 0.05) is 4.88 Å². The lowest BCUT2D eigenvalue weighted by Gasteiger charge is -2.09. The van der Waals surface area contributed by atoms with Gasteiger partial charge in [-0.15, -0.1) is 11.3 Å². The number of methoxy groups -OCH3 is 1. The van der Waals surface area contributed by atoms with Crippen molar-refractivity contribution in [3.63, 3.8) is 0 Å². The molecule has 0 aliphatic rings.